The van der Waals surface area contributed by atoms with Crippen LogP contribution in [0.5, 0.6) is 0 Å². The van der Waals surface area contributed by atoms with Crippen molar-refractivity contribution in [2.75, 3.05) is 12.4 Å². The van der Waals surface area contributed by atoms with Crippen LogP contribution in [0.2, 0.25) is 0 Å². The average Bonchev–Trinajstić information content (AvgIpc) is 2.21. The lowest BCUT2D eigenvalue weighted by Gasteiger charge is -2.06. The second kappa shape index (κ2) is 5.47. The molecule has 2 N–H and O–H groups in total. The molecule has 0 atom stereocenters. The van der Waals surface area contributed by atoms with Crippen molar-refractivity contribution in [1.29, 1.82) is 0 Å². The Labute approximate surface area is 94.9 Å². The van der Waals surface area contributed by atoms with Crippen molar-refractivity contribution < 1.29 is 14.4 Å². The molecule has 0 bridgehead atoms. The number of hydrogen-bond acceptors (Lipinski definition) is 3. The van der Waals surface area contributed by atoms with E-state index in [0.29, 0.717) is 10.2 Å². The fraction of sp³-hybridized carbons (Fsp3) is 0.111. The molecule has 0 saturated heterocycles. The van der Waals surface area contributed by atoms with Gasteiger partial charge in [-0.2, -0.15) is 0 Å². The van der Waals surface area contributed by atoms with Crippen molar-refractivity contribution in [3.8, 4) is 0 Å². The maximum atomic E-state index is 11.2. The van der Waals surface area contributed by atoms with Crippen LogP contribution in [0, 0.1) is 0 Å². The molecule has 0 fully saturated rings. The molecule has 1 aromatic rings. The third-order valence-electron chi connectivity index (χ3n) is 1.52. The standard InChI is InChI=1S/C9H9BrN2O3/c1-15-12-9(14)8(13)11-7-5-3-2-4-6(7)10/h2-5H,1H3,(H,11,13)(H,12,14). The minimum Gasteiger partial charge on any atom is -0.317 e. The average molecular weight is 273 g/mol. The Bertz CT molecular complexity index is 381. The van der Waals surface area contributed by atoms with Gasteiger partial charge in [-0.05, 0) is 28.1 Å². The number of carbonyl (C=O) groups is 2. The lowest BCUT2D eigenvalue weighted by Crippen LogP contribution is -2.34. The van der Waals surface area contributed by atoms with Crippen LogP contribution >= 0.6 is 15.9 Å². The summed E-state index contributed by atoms with van der Waals surface area (Å²) in [4.78, 5) is 26.5. The van der Waals surface area contributed by atoms with E-state index in [4.69, 9.17) is 0 Å². The molecule has 1 rings (SSSR count). The predicted molar refractivity (Wildman–Crippen MR) is 57.9 cm³/mol. The lowest BCUT2D eigenvalue weighted by atomic mass is 10.3. The SMILES string of the molecule is CONC(=O)C(=O)Nc1ccccc1Br. The van der Waals surface area contributed by atoms with Crippen LogP contribution in [0.15, 0.2) is 28.7 Å². The number of hydrogen-bond donors (Lipinski definition) is 2. The van der Waals surface area contributed by atoms with Gasteiger partial charge in [0.2, 0.25) is 0 Å². The van der Waals surface area contributed by atoms with Crippen molar-refractivity contribution in [3.05, 3.63) is 28.7 Å². The maximum absolute atomic E-state index is 11.2. The van der Waals surface area contributed by atoms with E-state index in [-0.39, 0.29) is 0 Å². The maximum Gasteiger partial charge on any atom is 0.333 e. The Morgan fingerprint density at radius 2 is 1.93 bits per heavy atom. The highest BCUT2D eigenvalue weighted by molar-refractivity contribution is 9.10. The molecular formula is C9H9BrN2O3. The van der Waals surface area contributed by atoms with Gasteiger partial charge in [-0.3, -0.25) is 14.4 Å². The van der Waals surface area contributed by atoms with Gasteiger partial charge >= 0.3 is 11.8 Å². The molecule has 0 aliphatic heterocycles. The summed E-state index contributed by atoms with van der Waals surface area (Å²) in [6.07, 6.45) is 0. The number of rotatable bonds is 2. The fourth-order valence-electron chi connectivity index (χ4n) is 0.881. The number of para-hydroxylation sites is 1. The minimum atomic E-state index is -0.853. The number of benzene rings is 1. The van der Waals surface area contributed by atoms with Crippen molar-refractivity contribution in [2.45, 2.75) is 0 Å². The molecule has 0 unspecified atom stereocenters. The van der Waals surface area contributed by atoms with Crippen LogP contribution in [0.1, 0.15) is 0 Å². The largest absolute Gasteiger partial charge is 0.333 e. The summed E-state index contributed by atoms with van der Waals surface area (Å²) < 4.78 is 0.698. The summed E-state index contributed by atoms with van der Waals surface area (Å²) in [5, 5.41) is 2.42. The summed E-state index contributed by atoms with van der Waals surface area (Å²) >= 11 is 3.24. The molecule has 15 heavy (non-hydrogen) atoms. The van der Waals surface area contributed by atoms with E-state index in [0.717, 1.165) is 0 Å². The van der Waals surface area contributed by atoms with Gasteiger partial charge < -0.3 is 5.32 Å². The van der Waals surface area contributed by atoms with Crippen LogP contribution in [-0.4, -0.2) is 18.9 Å². The Morgan fingerprint density at radius 3 is 2.53 bits per heavy atom. The molecule has 0 aromatic heterocycles. The van der Waals surface area contributed by atoms with Crippen LogP contribution in [-0.2, 0) is 14.4 Å². The van der Waals surface area contributed by atoms with Crippen LogP contribution in [0.4, 0.5) is 5.69 Å². The first-order chi connectivity index (χ1) is 7.15. The number of anilines is 1. The first kappa shape index (κ1) is 11.7. The molecule has 0 heterocycles. The van der Waals surface area contributed by atoms with Gasteiger partial charge in [0.05, 0.1) is 12.8 Å². The highest BCUT2D eigenvalue weighted by atomic mass is 79.9. The Morgan fingerprint density at radius 1 is 1.27 bits per heavy atom. The number of carbonyl (C=O) groups excluding carboxylic acids is 2. The summed E-state index contributed by atoms with van der Waals surface area (Å²) in [6, 6.07) is 6.97. The Balaban J connectivity index is 2.67. The van der Waals surface area contributed by atoms with E-state index in [1.165, 1.54) is 7.11 Å². The van der Waals surface area contributed by atoms with E-state index < -0.39 is 11.8 Å². The Hall–Kier alpha value is -1.40. The third kappa shape index (κ3) is 3.34. The third-order valence-corrected chi connectivity index (χ3v) is 2.21. The zero-order valence-corrected chi connectivity index (χ0v) is 9.50. The lowest BCUT2D eigenvalue weighted by molar-refractivity contribution is -0.142. The molecular weight excluding hydrogens is 264 g/mol. The zero-order chi connectivity index (χ0) is 11.3. The normalized spacial score (nSPS) is 9.47. The van der Waals surface area contributed by atoms with Gasteiger partial charge in [-0.1, -0.05) is 12.1 Å². The van der Waals surface area contributed by atoms with Crippen LogP contribution in [0.3, 0.4) is 0 Å². The number of nitrogens with one attached hydrogen (secondary N) is 2. The first-order valence-electron chi connectivity index (χ1n) is 4.04. The summed E-state index contributed by atoms with van der Waals surface area (Å²) in [5.74, 6) is -1.64. The molecule has 80 valence electrons. The second-order valence-electron chi connectivity index (χ2n) is 2.57. The molecule has 0 spiro atoms. The highest BCUT2D eigenvalue weighted by Crippen LogP contribution is 2.20. The van der Waals surface area contributed by atoms with Crippen molar-refractivity contribution >= 4 is 33.4 Å². The van der Waals surface area contributed by atoms with Crippen molar-refractivity contribution in [1.82, 2.24) is 5.48 Å². The van der Waals surface area contributed by atoms with Crippen molar-refractivity contribution in [2.24, 2.45) is 0 Å². The molecule has 0 aliphatic rings. The number of hydroxylamine groups is 1. The molecule has 0 aliphatic carbocycles. The van der Waals surface area contributed by atoms with E-state index in [9.17, 15) is 9.59 Å². The van der Waals surface area contributed by atoms with E-state index >= 15 is 0 Å². The van der Waals surface area contributed by atoms with Gasteiger partial charge in [-0.25, -0.2) is 5.48 Å². The topological polar surface area (TPSA) is 67.4 Å². The Kier molecular flexibility index (Phi) is 4.26. The predicted octanol–water partition coefficient (Wildman–Crippen LogP) is 1.07. The second-order valence-corrected chi connectivity index (χ2v) is 3.42. The van der Waals surface area contributed by atoms with Crippen LogP contribution < -0.4 is 10.8 Å². The molecule has 1 aromatic carbocycles. The van der Waals surface area contributed by atoms with Crippen LogP contribution in [0.25, 0.3) is 0 Å². The van der Waals surface area contributed by atoms with Crippen molar-refractivity contribution in [3.63, 3.8) is 0 Å². The minimum absolute atomic E-state index is 0.522. The molecule has 0 saturated carbocycles. The van der Waals surface area contributed by atoms with Gasteiger partial charge in [0.1, 0.15) is 0 Å². The van der Waals surface area contributed by atoms with E-state index in [1.54, 1.807) is 24.3 Å². The van der Waals surface area contributed by atoms with E-state index in [2.05, 4.69) is 26.1 Å². The summed E-state index contributed by atoms with van der Waals surface area (Å²) in [5.41, 5.74) is 2.44. The first-order valence-corrected chi connectivity index (χ1v) is 4.83. The molecule has 6 heteroatoms. The zero-order valence-electron chi connectivity index (χ0n) is 7.91. The fourth-order valence-corrected chi connectivity index (χ4v) is 1.26. The summed E-state index contributed by atoms with van der Waals surface area (Å²) in [6.45, 7) is 0. The number of amides is 2. The van der Waals surface area contributed by atoms with E-state index in [1.807, 2.05) is 5.48 Å². The smallest absolute Gasteiger partial charge is 0.317 e. The van der Waals surface area contributed by atoms with Gasteiger partial charge in [0.15, 0.2) is 0 Å². The quantitative estimate of drug-likeness (QED) is 0.625. The van der Waals surface area contributed by atoms with Gasteiger partial charge in [0.25, 0.3) is 0 Å². The van der Waals surface area contributed by atoms with Gasteiger partial charge in [0, 0.05) is 4.47 Å². The molecule has 0 radical (unpaired) electrons. The van der Waals surface area contributed by atoms with Gasteiger partial charge in [-0.15, -0.1) is 0 Å². The highest BCUT2D eigenvalue weighted by Gasteiger charge is 2.13. The molecule has 2 amide bonds. The monoisotopic (exact) mass is 272 g/mol. The molecule has 5 nitrogen and oxygen atoms in total. The number of halogens is 1. The summed E-state index contributed by atoms with van der Waals surface area (Å²) in [7, 11) is 1.25.